The van der Waals surface area contributed by atoms with E-state index in [0.29, 0.717) is 0 Å². The van der Waals surface area contributed by atoms with Gasteiger partial charge in [0.2, 0.25) is 0 Å². The van der Waals surface area contributed by atoms with Gasteiger partial charge in [-0.25, -0.2) is 0 Å². The molecule has 2 aromatic rings. The molecule has 0 aromatic heterocycles. The topological polar surface area (TPSA) is 9.23 Å². The van der Waals surface area contributed by atoms with Crippen molar-refractivity contribution in [1.82, 2.24) is 0 Å². The highest BCUT2D eigenvalue weighted by Gasteiger charge is 2.13. The SMILES string of the molecule is COc1ccc(C(Br)Cc2ccc(C)cc2)c(Cl)c1. The predicted octanol–water partition coefficient (Wildman–Crippen LogP) is 5.34. The molecular weight excluding hydrogens is 324 g/mol. The van der Waals surface area contributed by atoms with Gasteiger partial charge < -0.3 is 4.74 Å². The van der Waals surface area contributed by atoms with Crippen molar-refractivity contribution in [3.8, 4) is 5.75 Å². The zero-order valence-electron chi connectivity index (χ0n) is 11.0. The van der Waals surface area contributed by atoms with Gasteiger partial charge in [0.05, 0.1) is 7.11 Å². The molecule has 0 saturated heterocycles. The van der Waals surface area contributed by atoms with Crippen molar-refractivity contribution in [2.75, 3.05) is 7.11 Å². The second-order valence-electron chi connectivity index (χ2n) is 4.54. The molecule has 0 saturated carbocycles. The number of hydrogen-bond acceptors (Lipinski definition) is 1. The third kappa shape index (κ3) is 3.74. The maximum atomic E-state index is 6.28. The number of ether oxygens (including phenoxy) is 1. The highest BCUT2D eigenvalue weighted by atomic mass is 79.9. The Balaban J connectivity index is 2.15. The number of halogens is 2. The molecule has 0 N–H and O–H groups in total. The van der Waals surface area contributed by atoms with E-state index in [0.717, 1.165) is 22.8 Å². The molecule has 100 valence electrons. The maximum absolute atomic E-state index is 6.28. The largest absolute Gasteiger partial charge is 0.497 e. The van der Waals surface area contributed by atoms with Gasteiger partial charge in [-0.05, 0) is 36.6 Å². The molecule has 2 aromatic carbocycles. The number of rotatable bonds is 4. The van der Waals surface area contributed by atoms with Gasteiger partial charge in [-0.15, -0.1) is 0 Å². The van der Waals surface area contributed by atoms with Crippen LogP contribution < -0.4 is 4.74 Å². The summed E-state index contributed by atoms with van der Waals surface area (Å²) in [5.74, 6) is 0.781. The molecule has 0 radical (unpaired) electrons. The fourth-order valence-corrected chi connectivity index (χ4v) is 3.14. The maximum Gasteiger partial charge on any atom is 0.120 e. The molecule has 0 aliphatic carbocycles. The van der Waals surface area contributed by atoms with Gasteiger partial charge in [-0.3, -0.25) is 0 Å². The first-order valence-corrected chi connectivity index (χ1v) is 7.42. The Morgan fingerprint density at radius 2 is 1.84 bits per heavy atom. The van der Waals surface area contributed by atoms with Crippen LogP contribution in [0.15, 0.2) is 42.5 Å². The lowest BCUT2D eigenvalue weighted by Crippen LogP contribution is -1.97. The molecule has 0 aliphatic heterocycles. The van der Waals surface area contributed by atoms with Crippen LogP contribution in [-0.2, 0) is 6.42 Å². The van der Waals surface area contributed by atoms with Crippen LogP contribution in [0.4, 0.5) is 0 Å². The molecule has 0 spiro atoms. The lowest BCUT2D eigenvalue weighted by molar-refractivity contribution is 0.414. The number of benzene rings is 2. The molecule has 0 heterocycles. The Kier molecular flexibility index (Phi) is 4.89. The predicted molar refractivity (Wildman–Crippen MR) is 84.6 cm³/mol. The van der Waals surface area contributed by atoms with E-state index in [4.69, 9.17) is 16.3 Å². The van der Waals surface area contributed by atoms with Gasteiger partial charge in [-0.1, -0.05) is 63.4 Å². The van der Waals surface area contributed by atoms with Crippen LogP contribution in [-0.4, -0.2) is 7.11 Å². The average molecular weight is 340 g/mol. The smallest absolute Gasteiger partial charge is 0.120 e. The van der Waals surface area contributed by atoms with E-state index in [2.05, 4.69) is 47.1 Å². The minimum absolute atomic E-state index is 0.202. The van der Waals surface area contributed by atoms with Gasteiger partial charge in [0.25, 0.3) is 0 Å². The fraction of sp³-hybridized carbons (Fsp3) is 0.250. The van der Waals surface area contributed by atoms with Crippen LogP contribution in [0.5, 0.6) is 5.75 Å². The van der Waals surface area contributed by atoms with Crippen molar-refractivity contribution in [3.63, 3.8) is 0 Å². The summed E-state index contributed by atoms with van der Waals surface area (Å²) >= 11 is 10.00. The highest BCUT2D eigenvalue weighted by molar-refractivity contribution is 9.09. The summed E-state index contributed by atoms with van der Waals surface area (Å²) < 4.78 is 5.16. The third-order valence-corrected chi connectivity index (χ3v) is 4.22. The molecule has 1 nitrogen and oxygen atoms in total. The summed E-state index contributed by atoms with van der Waals surface area (Å²) in [5, 5.41) is 0.730. The molecule has 1 atom stereocenters. The molecule has 3 heteroatoms. The summed E-state index contributed by atoms with van der Waals surface area (Å²) in [7, 11) is 1.64. The molecule has 0 aliphatic rings. The van der Waals surface area contributed by atoms with E-state index in [1.54, 1.807) is 7.11 Å². The van der Waals surface area contributed by atoms with Gasteiger partial charge in [-0.2, -0.15) is 0 Å². The molecule has 0 bridgehead atoms. The highest BCUT2D eigenvalue weighted by Crippen LogP contribution is 2.34. The Labute approximate surface area is 127 Å². The Hall–Kier alpha value is -0.990. The zero-order chi connectivity index (χ0) is 13.8. The van der Waals surface area contributed by atoms with Crippen molar-refractivity contribution >= 4 is 27.5 Å². The van der Waals surface area contributed by atoms with E-state index >= 15 is 0 Å². The van der Waals surface area contributed by atoms with Crippen LogP contribution in [0.3, 0.4) is 0 Å². The van der Waals surface area contributed by atoms with Crippen LogP contribution in [0, 0.1) is 6.92 Å². The molecule has 2 rings (SSSR count). The van der Waals surface area contributed by atoms with Gasteiger partial charge in [0.15, 0.2) is 0 Å². The minimum Gasteiger partial charge on any atom is -0.497 e. The summed E-state index contributed by atoms with van der Waals surface area (Å²) in [5.41, 5.74) is 3.65. The van der Waals surface area contributed by atoms with E-state index in [1.807, 2.05) is 18.2 Å². The Morgan fingerprint density at radius 1 is 1.16 bits per heavy atom. The summed E-state index contributed by atoms with van der Waals surface area (Å²) in [6.07, 6.45) is 0.909. The third-order valence-electron chi connectivity index (χ3n) is 3.08. The summed E-state index contributed by atoms with van der Waals surface area (Å²) in [6.45, 7) is 2.09. The number of methoxy groups -OCH3 is 1. The van der Waals surface area contributed by atoms with Crippen LogP contribution in [0.2, 0.25) is 5.02 Å². The van der Waals surface area contributed by atoms with Crippen molar-refractivity contribution in [1.29, 1.82) is 0 Å². The van der Waals surface area contributed by atoms with Crippen molar-refractivity contribution in [2.24, 2.45) is 0 Å². The Morgan fingerprint density at radius 3 is 2.42 bits per heavy atom. The zero-order valence-corrected chi connectivity index (χ0v) is 13.3. The molecule has 0 amide bonds. The molecular formula is C16H16BrClO. The van der Waals surface area contributed by atoms with E-state index in [1.165, 1.54) is 11.1 Å². The molecule has 19 heavy (non-hydrogen) atoms. The second-order valence-corrected chi connectivity index (χ2v) is 6.06. The lowest BCUT2D eigenvalue weighted by Gasteiger charge is -2.13. The van der Waals surface area contributed by atoms with Crippen LogP contribution in [0.25, 0.3) is 0 Å². The first-order chi connectivity index (χ1) is 9.10. The monoisotopic (exact) mass is 338 g/mol. The first kappa shape index (κ1) is 14.4. The second kappa shape index (κ2) is 6.44. The van der Waals surface area contributed by atoms with Crippen molar-refractivity contribution in [2.45, 2.75) is 18.2 Å². The Bertz CT molecular complexity index is 551. The molecule has 1 unspecified atom stereocenters. The van der Waals surface area contributed by atoms with Crippen molar-refractivity contribution < 1.29 is 4.74 Å². The number of hydrogen-bond donors (Lipinski definition) is 0. The van der Waals surface area contributed by atoms with Gasteiger partial charge in [0.1, 0.15) is 5.75 Å². The van der Waals surface area contributed by atoms with E-state index in [-0.39, 0.29) is 4.83 Å². The van der Waals surface area contributed by atoms with E-state index < -0.39 is 0 Å². The van der Waals surface area contributed by atoms with Crippen LogP contribution >= 0.6 is 27.5 Å². The number of aryl methyl sites for hydroxylation is 1. The average Bonchev–Trinajstić information content (AvgIpc) is 2.41. The minimum atomic E-state index is 0.202. The molecule has 0 fully saturated rings. The van der Waals surface area contributed by atoms with Crippen molar-refractivity contribution in [3.05, 3.63) is 64.2 Å². The normalized spacial score (nSPS) is 12.2. The van der Waals surface area contributed by atoms with Crippen LogP contribution in [0.1, 0.15) is 21.5 Å². The fourth-order valence-electron chi connectivity index (χ4n) is 1.93. The lowest BCUT2D eigenvalue weighted by atomic mass is 10.0. The quantitative estimate of drug-likeness (QED) is 0.684. The van der Waals surface area contributed by atoms with E-state index in [9.17, 15) is 0 Å². The van der Waals surface area contributed by atoms with Gasteiger partial charge >= 0.3 is 0 Å². The number of alkyl halides is 1. The van der Waals surface area contributed by atoms with Gasteiger partial charge in [0, 0.05) is 9.85 Å². The standard InChI is InChI=1S/C16H16BrClO/c1-11-3-5-12(6-4-11)9-15(17)14-8-7-13(19-2)10-16(14)18/h3-8,10,15H,9H2,1-2H3. The summed E-state index contributed by atoms with van der Waals surface area (Å²) in [6, 6.07) is 14.4. The summed E-state index contributed by atoms with van der Waals surface area (Å²) in [4.78, 5) is 0.202. The first-order valence-electron chi connectivity index (χ1n) is 6.13.